The van der Waals surface area contributed by atoms with Gasteiger partial charge in [0.25, 0.3) is 0 Å². The average Bonchev–Trinajstić information content (AvgIpc) is 2.49. The summed E-state index contributed by atoms with van der Waals surface area (Å²) in [5.74, 6) is 0. The zero-order valence-corrected chi connectivity index (χ0v) is 11.6. The number of anilines is 1. The van der Waals surface area contributed by atoms with Crippen molar-refractivity contribution in [1.29, 1.82) is 0 Å². The van der Waals surface area contributed by atoms with Gasteiger partial charge in [-0.15, -0.1) is 0 Å². The van der Waals surface area contributed by atoms with Crippen LogP contribution in [0.2, 0.25) is 0 Å². The number of amides is 2. The van der Waals surface area contributed by atoms with Gasteiger partial charge in [0, 0.05) is 24.6 Å². The van der Waals surface area contributed by atoms with Gasteiger partial charge in [-0.1, -0.05) is 19.1 Å². The molecule has 0 saturated heterocycles. The van der Waals surface area contributed by atoms with Crippen molar-refractivity contribution in [3.63, 3.8) is 0 Å². The van der Waals surface area contributed by atoms with Gasteiger partial charge in [-0.05, 0) is 48.2 Å². The predicted octanol–water partition coefficient (Wildman–Crippen LogP) is 3.01. The SMILES string of the molecule is CCc1ccc(NC(=O)NCCc2ccncc2)cc1. The minimum absolute atomic E-state index is 0.177. The highest BCUT2D eigenvalue weighted by atomic mass is 16.2. The van der Waals surface area contributed by atoms with E-state index < -0.39 is 0 Å². The normalized spacial score (nSPS) is 10.1. The average molecular weight is 269 g/mol. The number of carbonyl (C=O) groups excluding carboxylic acids is 1. The summed E-state index contributed by atoms with van der Waals surface area (Å²) in [6.45, 7) is 2.71. The van der Waals surface area contributed by atoms with Crippen LogP contribution in [0.4, 0.5) is 10.5 Å². The number of nitrogens with zero attached hydrogens (tertiary/aromatic N) is 1. The van der Waals surface area contributed by atoms with Gasteiger partial charge in [0.1, 0.15) is 0 Å². The Labute approximate surface area is 119 Å². The molecule has 104 valence electrons. The van der Waals surface area contributed by atoms with Gasteiger partial charge in [0.2, 0.25) is 0 Å². The van der Waals surface area contributed by atoms with Crippen LogP contribution in [0.15, 0.2) is 48.8 Å². The minimum Gasteiger partial charge on any atom is -0.338 e. The molecule has 4 nitrogen and oxygen atoms in total. The Morgan fingerprint density at radius 1 is 1.05 bits per heavy atom. The van der Waals surface area contributed by atoms with Crippen LogP contribution in [0.1, 0.15) is 18.1 Å². The van der Waals surface area contributed by atoms with Crippen molar-refractivity contribution in [1.82, 2.24) is 10.3 Å². The van der Waals surface area contributed by atoms with Crippen molar-refractivity contribution in [2.75, 3.05) is 11.9 Å². The molecule has 2 aromatic rings. The Morgan fingerprint density at radius 3 is 2.40 bits per heavy atom. The van der Waals surface area contributed by atoms with E-state index >= 15 is 0 Å². The first kappa shape index (κ1) is 14.1. The molecule has 0 saturated carbocycles. The molecule has 20 heavy (non-hydrogen) atoms. The lowest BCUT2D eigenvalue weighted by molar-refractivity contribution is 0.252. The molecule has 0 aliphatic carbocycles. The summed E-state index contributed by atoms with van der Waals surface area (Å²) in [5, 5.41) is 5.65. The highest BCUT2D eigenvalue weighted by Gasteiger charge is 2.01. The quantitative estimate of drug-likeness (QED) is 0.876. The van der Waals surface area contributed by atoms with Gasteiger partial charge in [-0.3, -0.25) is 4.98 Å². The van der Waals surface area contributed by atoms with Crippen LogP contribution in [-0.2, 0) is 12.8 Å². The molecule has 0 radical (unpaired) electrons. The molecular weight excluding hydrogens is 250 g/mol. The van der Waals surface area contributed by atoms with Crippen molar-refractivity contribution >= 4 is 11.7 Å². The third-order valence-corrected chi connectivity index (χ3v) is 3.07. The number of pyridine rings is 1. The van der Waals surface area contributed by atoms with E-state index in [2.05, 4.69) is 22.5 Å². The largest absolute Gasteiger partial charge is 0.338 e. The van der Waals surface area contributed by atoms with Gasteiger partial charge in [-0.25, -0.2) is 4.79 Å². The van der Waals surface area contributed by atoms with Gasteiger partial charge >= 0.3 is 6.03 Å². The summed E-state index contributed by atoms with van der Waals surface area (Å²) in [5.41, 5.74) is 3.23. The van der Waals surface area contributed by atoms with E-state index in [0.29, 0.717) is 6.54 Å². The van der Waals surface area contributed by atoms with Crippen LogP contribution in [-0.4, -0.2) is 17.6 Å². The summed E-state index contributed by atoms with van der Waals surface area (Å²) in [7, 11) is 0. The maximum absolute atomic E-state index is 11.7. The van der Waals surface area contributed by atoms with E-state index in [0.717, 1.165) is 24.1 Å². The van der Waals surface area contributed by atoms with E-state index in [-0.39, 0.29) is 6.03 Å². The van der Waals surface area contributed by atoms with Gasteiger partial charge < -0.3 is 10.6 Å². The van der Waals surface area contributed by atoms with Crippen LogP contribution in [0.25, 0.3) is 0 Å². The lowest BCUT2D eigenvalue weighted by atomic mass is 10.1. The number of rotatable bonds is 5. The summed E-state index contributed by atoms with van der Waals surface area (Å²) in [4.78, 5) is 15.7. The number of nitrogens with one attached hydrogen (secondary N) is 2. The maximum Gasteiger partial charge on any atom is 0.319 e. The highest BCUT2D eigenvalue weighted by Crippen LogP contribution is 2.09. The molecule has 1 aromatic carbocycles. The Bertz CT molecular complexity index is 537. The fourth-order valence-corrected chi connectivity index (χ4v) is 1.87. The molecule has 1 aromatic heterocycles. The zero-order chi connectivity index (χ0) is 14.2. The zero-order valence-electron chi connectivity index (χ0n) is 11.6. The van der Waals surface area contributed by atoms with Crippen molar-refractivity contribution in [2.24, 2.45) is 0 Å². The van der Waals surface area contributed by atoms with Crippen molar-refractivity contribution in [3.05, 3.63) is 59.9 Å². The molecular formula is C16H19N3O. The van der Waals surface area contributed by atoms with Crippen LogP contribution >= 0.6 is 0 Å². The first-order valence-corrected chi connectivity index (χ1v) is 6.80. The topological polar surface area (TPSA) is 54.0 Å². The van der Waals surface area contributed by atoms with Gasteiger partial charge in [-0.2, -0.15) is 0 Å². The summed E-state index contributed by atoms with van der Waals surface area (Å²) in [6, 6.07) is 11.6. The predicted molar refractivity (Wildman–Crippen MR) is 80.8 cm³/mol. The Hall–Kier alpha value is -2.36. The summed E-state index contributed by atoms with van der Waals surface area (Å²) < 4.78 is 0. The fraction of sp³-hybridized carbons (Fsp3) is 0.250. The molecule has 0 aliphatic rings. The Balaban J connectivity index is 1.74. The number of benzene rings is 1. The lowest BCUT2D eigenvalue weighted by Crippen LogP contribution is -2.30. The molecule has 2 rings (SSSR count). The second-order valence-electron chi connectivity index (χ2n) is 4.54. The standard InChI is InChI=1S/C16H19N3O/c1-2-13-3-5-15(6-4-13)19-16(20)18-12-9-14-7-10-17-11-8-14/h3-8,10-11H,2,9,12H2,1H3,(H2,18,19,20). The number of hydrogen-bond donors (Lipinski definition) is 2. The first-order valence-electron chi connectivity index (χ1n) is 6.80. The van der Waals surface area contributed by atoms with Crippen LogP contribution in [0.3, 0.4) is 0 Å². The molecule has 0 unspecified atom stereocenters. The molecule has 0 fully saturated rings. The van der Waals surface area contributed by atoms with Crippen LogP contribution in [0, 0.1) is 0 Å². The molecule has 0 bridgehead atoms. The number of aromatic nitrogens is 1. The smallest absolute Gasteiger partial charge is 0.319 e. The minimum atomic E-state index is -0.177. The van der Waals surface area contributed by atoms with Gasteiger partial charge in [0.05, 0.1) is 0 Å². The van der Waals surface area contributed by atoms with Crippen molar-refractivity contribution in [2.45, 2.75) is 19.8 Å². The Kier molecular flexibility index (Phi) is 5.12. The van der Waals surface area contributed by atoms with Crippen molar-refractivity contribution < 1.29 is 4.79 Å². The molecule has 0 spiro atoms. The third kappa shape index (κ3) is 4.39. The fourth-order valence-electron chi connectivity index (χ4n) is 1.87. The second kappa shape index (κ2) is 7.28. The number of urea groups is 1. The number of carbonyl (C=O) groups is 1. The van der Waals surface area contributed by atoms with Crippen LogP contribution in [0.5, 0.6) is 0 Å². The molecule has 2 amide bonds. The molecule has 2 N–H and O–H groups in total. The molecule has 4 heteroatoms. The maximum atomic E-state index is 11.7. The molecule has 1 heterocycles. The highest BCUT2D eigenvalue weighted by molar-refractivity contribution is 5.89. The number of hydrogen-bond acceptors (Lipinski definition) is 2. The lowest BCUT2D eigenvalue weighted by Gasteiger charge is -2.08. The van der Waals surface area contributed by atoms with E-state index in [1.165, 1.54) is 5.56 Å². The second-order valence-corrected chi connectivity index (χ2v) is 4.54. The molecule has 0 aliphatic heterocycles. The van der Waals surface area contributed by atoms with Crippen molar-refractivity contribution in [3.8, 4) is 0 Å². The van der Waals surface area contributed by atoms with E-state index in [1.54, 1.807) is 12.4 Å². The third-order valence-electron chi connectivity index (χ3n) is 3.07. The first-order chi connectivity index (χ1) is 9.78. The van der Waals surface area contributed by atoms with E-state index in [4.69, 9.17) is 0 Å². The van der Waals surface area contributed by atoms with E-state index in [1.807, 2.05) is 36.4 Å². The van der Waals surface area contributed by atoms with Crippen LogP contribution < -0.4 is 10.6 Å². The summed E-state index contributed by atoms with van der Waals surface area (Å²) in [6.07, 6.45) is 5.30. The summed E-state index contributed by atoms with van der Waals surface area (Å²) >= 11 is 0. The number of aryl methyl sites for hydroxylation is 1. The molecule has 0 atom stereocenters. The van der Waals surface area contributed by atoms with Gasteiger partial charge in [0.15, 0.2) is 0 Å². The Morgan fingerprint density at radius 2 is 1.75 bits per heavy atom. The monoisotopic (exact) mass is 269 g/mol. The van der Waals surface area contributed by atoms with E-state index in [9.17, 15) is 4.79 Å².